The van der Waals surface area contributed by atoms with E-state index < -0.39 is 11.8 Å². The van der Waals surface area contributed by atoms with Crippen LogP contribution in [0.3, 0.4) is 0 Å². The highest BCUT2D eigenvalue weighted by Crippen LogP contribution is 2.30. The lowest BCUT2D eigenvalue weighted by molar-refractivity contribution is 0.0695. The Morgan fingerprint density at radius 2 is 1.92 bits per heavy atom. The maximum atomic E-state index is 15.0. The van der Waals surface area contributed by atoms with Gasteiger partial charge in [0, 0.05) is 24.7 Å². The molecule has 1 N–H and O–H groups in total. The molecule has 0 aliphatic carbocycles. The molecule has 0 radical (unpaired) electrons. The smallest absolute Gasteiger partial charge is 0.336 e. The second-order valence-corrected chi connectivity index (χ2v) is 8.83. The van der Waals surface area contributed by atoms with E-state index in [0.717, 1.165) is 11.8 Å². The summed E-state index contributed by atoms with van der Waals surface area (Å²) in [6.07, 6.45) is 3.03. The molecule has 0 fully saturated rings. The molecule has 0 saturated carbocycles. The lowest BCUT2D eigenvalue weighted by Gasteiger charge is -2.30. The fourth-order valence-corrected chi connectivity index (χ4v) is 4.65. The summed E-state index contributed by atoms with van der Waals surface area (Å²) in [5, 5.41) is 18.2. The molecule has 0 amide bonds. The molecule has 190 valence electrons. The Bertz CT molecular complexity index is 1650. The molecule has 9 nitrogen and oxygen atoms in total. The van der Waals surface area contributed by atoms with Gasteiger partial charge in [0.1, 0.15) is 23.5 Å². The number of fused-ring (bicyclic) bond motifs is 1. The van der Waals surface area contributed by atoms with Crippen molar-refractivity contribution >= 4 is 11.8 Å². The summed E-state index contributed by atoms with van der Waals surface area (Å²) < 4.78 is 35.9. The molecule has 1 aliphatic heterocycles. The average Bonchev–Trinajstić information content (AvgIpc) is 3.60. The van der Waals surface area contributed by atoms with Gasteiger partial charge in [-0.05, 0) is 35.7 Å². The van der Waals surface area contributed by atoms with Gasteiger partial charge >= 0.3 is 5.97 Å². The van der Waals surface area contributed by atoms with Crippen molar-refractivity contribution in [2.75, 3.05) is 11.4 Å². The quantitative estimate of drug-likeness (QED) is 0.351. The maximum absolute atomic E-state index is 15.0. The van der Waals surface area contributed by atoms with Gasteiger partial charge in [-0.2, -0.15) is 5.10 Å². The van der Waals surface area contributed by atoms with E-state index in [1.807, 2.05) is 6.07 Å². The van der Waals surface area contributed by atoms with E-state index in [9.17, 15) is 18.7 Å². The first-order valence-corrected chi connectivity index (χ1v) is 11.8. The van der Waals surface area contributed by atoms with E-state index in [1.54, 1.807) is 52.0 Å². The van der Waals surface area contributed by atoms with Crippen molar-refractivity contribution in [3.8, 4) is 22.9 Å². The van der Waals surface area contributed by atoms with Gasteiger partial charge in [-0.3, -0.25) is 4.68 Å². The summed E-state index contributed by atoms with van der Waals surface area (Å²) in [7, 11) is 0. The van der Waals surface area contributed by atoms with Gasteiger partial charge in [0.05, 0.1) is 24.0 Å². The van der Waals surface area contributed by atoms with Crippen LogP contribution in [0.2, 0.25) is 0 Å². The summed E-state index contributed by atoms with van der Waals surface area (Å²) in [6, 6.07) is 14.9. The molecule has 0 spiro atoms. The summed E-state index contributed by atoms with van der Waals surface area (Å²) in [4.78, 5) is 22.1. The summed E-state index contributed by atoms with van der Waals surface area (Å²) >= 11 is 0. The number of carboxylic acid groups (broad SMARTS) is 1. The number of carboxylic acids is 1. The van der Waals surface area contributed by atoms with Crippen LogP contribution in [0.4, 0.5) is 14.6 Å². The van der Waals surface area contributed by atoms with Crippen molar-refractivity contribution < 1.29 is 23.2 Å². The zero-order chi connectivity index (χ0) is 26.2. The second kappa shape index (κ2) is 9.51. The molecule has 5 aromatic rings. The first kappa shape index (κ1) is 23.5. The van der Waals surface area contributed by atoms with E-state index in [4.69, 9.17) is 4.52 Å². The molecular weight excluding hydrogens is 494 g/mol. The van der Waals surface area contributed by atoms with Gasteiger partial charge in [-0.1, -0.05) is 35.5 Å². The number of nitrogens with zero attached hydrogens (tertiary/aromatic N) is 6. The zero-order valence-corrected chi connectivity index (χ0v) is 19.9. The van der Waals surface area contributed by atoms with Crippen molar-refractivity contribution in [2.24, 2.45) is 0 Å². The Morgan fingerprint density at radius 3 is 2.71 bits per heavy atom. The monoisotopic (exact) mass is 514 g/mol. The SMILES string of the molecule is O=C(O)c1cccc2c1CN(c1nc(-c3cc(-c4ccon4)n(Cc4ccccc4F)n3)ncc1F)CC2. The van der Waals surface area contributed by atoms with Gasteiger partial charge in [0.2, 0.25) is 0 Å². The topological polar surface area (TPSA) is 110 Å². The van der Waals surface area contributed by atoms with Crippen LogP contribution in [0.15, 0.2) is 71.6 Å². The Balaban J connectivity index is 1.38. The third kappa shape index (κ3) is 4.27. The number of aromatic carboxylic acids is 1. The number of benzene rings is 2. The van der Waals surface area contributed by atoms with Gasteiger partial charge in [0.15, 0.2) is 17.5 Å². The van der Waals surface area contributed by atoms with Crippen molar-refractivity contribution in [1.82, 2.24) is 24.9 Å². The summed E-state index contributed by atoms with van der Waals surface area (Å²) in [5.74, 6) is -1.83. The van der Waals surface area contributed by atoms with Crippen LogP contribution in [0, 0.1) is 11.6 Å². The number of halogens is 2. The first-order chi connectivity index (χ1) is 18.5. The number of aromatic nitrogens is 5. The third-order valence-corrected chi connectivity index (χ3v) is 6.52. The van der Waals surface area contributed by atoms with Crippen LogP contribution in [0.1, 0.15) is 27.0 Å². The van der Waals surface area contributed by atoms with Gasteiger partial charge in [0.25, 0.3) is 0 Å². The lowest BCUT2D eigenvalue weighted by atomic mass is 9.95. The Labute approximate surface area is 215 Å². The fraction of sp³-hybridized carbons (Fsp3) is 0.148. The molecule has 0 saturated heterocycles. The standard InChI is InChI=1S/C27H20F2N6O3/c28-20-7-2-1-4-17(20)14-35-24(22-9-11-38-33-22)12-23(32-35)25-30-13-21(29)26(31-25)34-10-8-16-5-3-6-18(27(36)37)19(16)15-34/h1-7,9,11-13H,8,10,14-15H2,(H,36,37). The van der Waals surface area contributed by atoms with Gasteiger partial charge in [-0.15, -0.1) is 0 Å². The predicted molar refractivity (Wildman–Crippen MR) is 132 cm³/mol. The molecule has 2 aromatic carbocycles. The van der Waals surface area contributed by atoms with Crippen LogP contribution >= 0.6 is 0 Å². The van der Waals surface area contributed by atoms with Crippen molar-refractivity contribution in [1.29, 1.82) is 0 Å². The molecule has 0 atom stereocenters. The number of rotatable bonds is 6. The highest BCUT2D eigenvalue weighted by atomic mass is 19.1. The molecule has 11 heteroatoms. The molecule has 1 aliphatic rings. The fourth-order valence-electron chi connectivity index (χ4n) is 4.65. The molecule has 6 rings (SSSR count). The first-order valence-electron chi connectivity index (χ1n) is 11.8. The molecule has 3 aromatic heterocycles. The van der Waals surface area contributed by atoms with E-state index in [1.165, 1.54) is 12.3 Å². The van der Waals surface area contributed by atoms with Crippen LogP contribution < -0.4 is 4.90 Å². The number of carbonyl (C=O) groups is 1. The Hall–Kier alpha value is -4.93. The van der Waals surface area contributed by atoms with Gasteiger partial charge < -0.3 is 14.5 Å². The van der Waals surface area contributed by atoms with E-state index in [2.05, 4.69) is 20.2 Å². The Morgan fingerprint density at radius 1 is 1.05 bits per heavy atom. The minimum absolute atomic E-state index is 0.0486. The van der Waals surface area contributed by atoms with Crippen molar-refractivity contribution in [3.05, 3.63) is 101 Å². The number of hydrogen-bond acceptors (Lipinski definition) is 7. The van der Waals surface area contributed by atoms with E-state index in [0.29, 0.717) is 41.2 Å². The highest BCUT2D eigenvalue weighted by Gasteiger charge is 2.26. The second-order valence-electron chi connectivity index (χ2n) is 8.83. The minimum Gasteiger partial charge on any atom is -0.478 e. The zero-order valence-electron chi connectivity index (χ0n) is 19.9. The van der Waals surface area contributed by atoms with Crippen LogP contribution in [0.5, 0.6) is 0 Å². The third-order valence-electron chi connectivity index (χ3n) is 6.52. The minimum atomic E-state index is -1.03. The van der Waals surface area contributed by atoms with Crippen LogP contribution in [-0.4, -0.2) is 42.5 Å². The predicted octanol–water partition coefficient (Wildman–Crippen LogP) is 4.58. The molecule has 38 heavy (non-hydrogen) atoms. The average molecular weight is 514 g/mol. The number of hydrogen-bond donors (Lipinski definition) is 1. The van der Waals surface area contributed by atoms with Crippen molar-refractivity contribution in [2.45, 2.75) is 19.5 Å². The van der Waals surface area contributed by atoms with Gasteiger partial charge in [-0.25, -0.2) is 23.5 Å². The highest BCUT2D eigenvalue weighted by molar-refractivity contribution is 5.90. The molecule has 0 bridgehead atoms. The maximum Gasteiger partial charge on any atom is 0.336 e. The lowest BCUT2D eigenvalue weighted by Crippen LogP contribution is -2.33. The number of anilines is 1. The molecule has 4 heterocycles. The Kier molecular flexibility index (Phi) is 5.87. The normalized spacial score (nSPS) is 12.9. The van der Waals surface area contributed by atoms with Crippen LogP contribution in [0.25, 0.3) is 22.9 Å². The molecule has 0 unspecified atom stereocenters. The van der Waals surface area contributed by atoms with E-state index in [-0.39, 0.29) is 36.1 Å². The summed E-state index contributed by atoms with van der Waals surface area (Å²) in [6.45, 7) is 0.760. The summed E-state index contributed by atoms with van der Waals surface area (Å²) in [5.41, 5.74) is 3.53. The van der Waals surface area contributed by atoms with Crippen molar-refractivity contribution in [3.63, 3.8) is 0 Å². The molecular formula is C27H20F2N6O3. The van der Waals surface area contributed by atoms with E-state index >= 15 is 0 Å². The van der Waals surface area contributed by atoms with Crippen LogP contribution in [-0.2, 0) is 19.5 Å². The largest absolute Gasteiger partial charge is 0.478 e.